The van der Waals surface area contributed by atoms with Crippen molar-refractivity contribution in [3.63, 3.8) is 0 Å². The van der Waals surface area contributed by atoms with Gasteiger partial charge in [0.05, 0.1) is 0 Å². The normalized spacial score (nSPS) is 13.8. The summed E-state index contributed by atoms with van der Waals surface area (Å²) in [4.78, 5) is 25.8. The Morgan fingerprint density at radius 3 is 2.48 bits per heavy atom. The largest absolute Gasteiger partial charge is 0.478 e. The van der Waals surface area contributed by atoms with E-state index in [0.29, 0.717) is 24.6 Å². The van der Waals surface area contributed by atoms with Crippen LogP contribution < -0.4 is 4.90 Å². The molecule has 0 atom stereocenters. The zero-order valence-electron chi connectivity index (χ0n) is 13.0. The number of hydrogen-bond donors (Lipinski definition) is 1. The summed E-state index contributed by atoms with van der Waals surface area (Å²) < 4.78 is 5.52. The molecule has 0 bridgehead atoms. The van der Waals surface area contributed by atoms with Crippen molar-refractivity contribution in [1.82, 2.24) is 0 Å². The predicted octanol–water partition coefficient (Wildman–Crippen LogP) is 3.60. The van der Waals surface area contributed by atoms with E-state index in [1.54, 1.807) is 11.8 Å². The molecule has 0 unspecified atom stereocenters. The molecular formula is C18H19NO4. The number of carbonyl (C=O) groups is 2. The van der Waals surface area contributed by atoms with Crippen LogP contribution in [0.1, 0.15) is 46.4 Å². The first-order chi connectivity index (χ1) is 11.1. The van der Waals surface area contributed by atoms with Crippen molar-refractivity contribution in [2.75, 3.05) is 11.4 Å². The first-order valence-electron chi connectivity index (χ1n) is 7.83. The molecule has 1 aliphatic carbocycles. The van der Waals surface area contributed by atoms with E-state index in [4.69, 9.17) is 4.42 Å². The molecule has 0 spiro atoms. The summed E-state index contributed by atoms with van der Waals surface area (Å²) in [7, 11) is 0. The molecule has 3 rings (SSSR count). The van der Waals surface area contributed by atoms with Crippen LogP contribution in [0.15, 0.2) is 40.8 Å². The van der Waals surface area contributed by atoms with Crippen molar-refractivity contribution in [2.45, 2.75) is 26.2 Å². The van der Waals surface area contributed by atoms with Gasteiger partial charge in [0.2, 0.25) is 0 Å². The predicted molar refractivity (Wildman–Crippen MR) is 85.9 cm³/mol. The van der Waals surface area contributed by atoms with Crippen molar-refractivity contribution in [1.29, 1.82) is 0 Å². The van der Waals surface area contributed by atoms with Gasteiger partial charge < -0.3 is 14.4 Å². The molecule has 0 saturated heterocycles. The number of nitrogens with zero attached hydrogens (tertiary/aromatic N) is 1. The Morgan fingerprint density at radius 1 is 1.26 bits per heavy atom. The highest BCUT2D eigenvalue weighted by atomic mass is 16.4. The number of carboxylic acid groups (broad SMARTS) is 1. The minimum absolute atomic E-state index is 0.0651. The first kappa shape index (κ1) is 15.3. The number of anilines is 1. The van der Waals surface area contributed by atoms with Crippen LogP contribution in [-0.4, -0.2) is 23.5 Å². The number of benzene rings is 1. The third kappa shape index (κ3) is 3.28. The van der Waals surface area contributed by atoms with Crippen molar-refractivity contribution in [3.05, 3.63) is 53.5 Å². The number of hydrogen-bond acceptors (Lipinski definition) is 3. The maximum atomic E-state index is 12.9. The van der Waals surface area contributed by atoms with Crippen molar-refractivity contribution in [3.8, 4) is 0 Å². The Bertz CT molecular complexity index is 716. The van der Waals surface area contributed by atoms with E-state index in [1.165, 1.54) is 6.07 Å². The van der Waals surface area contributed by atoms with Crippen LogP contribution in [0.3, 0.4) is 0 Å². The van der Waals surface area contributed by atoms with Gasteiger partial charge in [-0.25, -0.2) is 4.79 Å². The van der Waals surface area contributed by atoms with E-state index in [9.17, 15) is 14.7 Å². The molecule has 1 aliphatic rings. The van der Waals surface area contributed by atoms with Crippen LogP contribution in [0.2, 0.25) is 0 Å². The topological polar surface area (TPSA) is 70.8 Å². The number of carbonyl (C=O) groups excluding carboxylic acids is 1. The molecule has 1 aromatic heterocycles. The van der Waals surface area contributed by atoms with Gasteiger partial charge in [0.25, 0.3) is 5.91 Å². The summed E-state index contributed by atoms with van der Waals surface area (Å²) in [6.45, 7) is 2.44. The molecule has 1 saturated carbocycles. The number of carboxylic acids is 1. The molecule has 1 heterocycles. The lowest BCUT2D eigenvalue weighted by Gasteiger charge is -2.21. The summed E-state index contributed by atoms with van der Waals surface area (Å²) in [6, 6.07) is 10.7. The Kier molecular flexibility index (Phi) is 4.19. The number of rotatable bonds is 6. The van der Waals surface area contributed by atoms with Crippen molar-refractivity contribution >= 4 is 17.6 Å². The fraction of sp³-hybridized carbons (Fsp3) is 0.333. The Balaban J connectivity index is 1.93. The highest BCUT2D eigenvalue weighted by molar-refractivity contribution is 6.05. The van der Waals surface area contributed by atoms with Crippen LogP contribution in [0.5, 0.6) is 0 Å². The van der Waals surface area contributed by atoms with Gasteiger partial charge in [-0.15, -0.1) is 0 Å². The fourth-order valence-electron chi connectivity index (χ4n) is 2.58. The SMILES string of the molecule is CCc1oc(C(=O)N(CC2CC2)c2ccccc2)cc1C(=O)O. The van der Waals surface area contributed by atoms with Crippen LogP contribution in [0, 0.1) is 5.92 Å². The lowest BCUT2D eigenvalue weighted by molar-refractivity contribution is 0.0694. The van der Waals surface area contributed by atoms with E-state index >= 15 is 0 Å². The fourth-order valence-corrected chi connectivity index (χ4v) is 2.58. The quantitative estimate of drug-likeness (QED) is 0.884. The first-order valence-corrected chi connectivity index (χ1v) is 7.83. The van der Waals surface area contributed by atoms with Gasteiger partial charge >= 0.3 is 5.97 Å². The van der Waals surface area contributed by atoms with E-state index < -0.39 is 5.97 Å². The zero-order valence-corrected chi connectivity index (χ0v) is 13.0. The Morgan fingerprint density at radius 2 is 1.96 bits per heavy atom. The molecule has 1 aromatic carbocycles. The summed E-state index contributed by atoms with van der Waals surface area (Å²) in [5, 5.41) is 9.22. The minimum Gasteiger partial charge on any atom is -0.478 e. The van der Waals surface area contributed by atoms with Crippen LogP contribution in [0.4, 0.5) is 5.69 Å². The molecule has 5 nitrogen and oxygen atoms in total. The Labute approximate surface area is 134 Å². The smallest absolute Gasteiger partial charge is 0.339 e. The molecule has 5 heteroatoms. The molecule has 1 amide bonds. The molecule has 0 radical (unpaired) electrons. The van der Waals surface area contributed by atoms with Gasteiger partial charge in [-0.1, -0.05) is 25.1 Å². The molecular weight excluding hydrogens is 294 g/mol. The van der Waals surface area contributed by atoms with Gasteiger partial charge in [-0.05, 0) is 30.9 Å². The van der Waals surface area contributed by atoms with Crippen LogP contribution >= 0.6 is 0 Å². The number of aromatic carboxylic acids is 1. The third-order valence-electron chi connectivity index (χ3n) is 4.02. The minimum atomic E-state index is -1.07. The van der Waals surface area contributed by atoms with Crippen LogP contribution in [-0.2, 0) is 6.42 Å². The Hall–Kier alpha value is -2.56. The number of aryl methyl sites for hydroxylation is 1. The molecule has 1 N–H and O–H groups in total. The molecule has 120 valence electrons. The number of amides is 1. The van der Waals surface area contributed by atoms with Gasteiger partial charge in [-0.2, -0.15) is 0 Å². The van der Waals surface area contributed by atoms with Gasteiger partial charge in [0.15, 0.2) is 5.76 Å². The summed E-state index contributed by atoms with van der Waals surface area (Å²) in [5.41, 5.74) is 0.867. The zero-order chi connectivity index (χ0) is 16.4. The lowest BCUT2D eigenvalue weighted by atomic mass is 10.2. The van der Waals surface area contributed by atoms with E-state index in [0.717, 1.165) is 18.5 Å². The van der Waals surface area contributed by atoms with Crippen molar-refractivity contribution < 1.29 is 19.1 Å². The van der Waals surface area contributed by atoms with E-state index in [-0.39, 0.29) is 17.2 Å². The third-order valence-corrected chi connectivity index (χ3v) is 4.02. The van der Waals surface area contributed by atoms with Gasteiger partial charge in [0.1, 0.15) is 11.3 Å². The standard InChI is InChI=1S/C18H19NO4/c1-2-15-14(18(21)22)10-16(23-15)17(20)19(11-12-8-9-12)13-6-4-3-5-7-13/h3-7,10,12H,2,8-9,11H2,1H3,(H,21,22). The number of furan rings is 1. The second kappa shape index (κ2) is 6.28. The molecule has 23 heavy (non-hydrogen) atoms. The maximum absolute atomic E-state index is 12.9. The molecule has 0 aliphatic heterocycles. The molecule has 1 fully saturated rings. The second-order valence-electron chi connectivity index (χ2n) is 5.80. The van der Waals surface area contributed by atoms with Gasteiger partial charge in [-0.3, -0.25) is 4.79 Å². The second-order valence-corrected chi connectivity index (χ2v) is 5.80. The highest BCUT2D eigenvalue weighted by Crippen LogP contribution is 2.32. The van der Waals surface area contributed by atoms with Crippen LogP contribution in [0.25, 0.3) is 0 Å². The summed E-state index contributed by atoms with van der Waals surface area (Å²) in [5.74, 6) is -0.425. The average molecular weight is 313 g/mol. The highest BCUT2D eigenvalue weighted by Gasteiger charge is 2.30. The number of para-hydroxylation sites is 1. The monoisotopic (exact) mass is 313 g/mol. The average Bonchev–Trinajstić information content (AvgIpc) is 3.27. The van der Waals surface area contributed by atoms with E-state index in [1.807, 2.05) is 30.3 Å². The lowest BCUT2D eigenvalue weighted by Crippen LogP contribution is -2.32. The summed E-state index contributed by atoms with van der Waals surface area (Å²) in [6.07, 6.45) is 2.67. The summed E-state index contributed by atoms with van der Waals surface area (Å²) >= 11 is 0. The maximum Gasteiger partial charge on any atom is 0.339 e. The van der Waals surface area contributed by atoms with Gasteiger partial charge in [0, 0.05) is 24.7 Å². The van der Waals surface area contributed by atoms with Crippen molar-refractivity contribution in [2.24, 2.45) is 5.92 Å². The molecule has 2 aromatic rings. The van der Waals surface area contributed by atoms with E-state index in [2.05, 4.69) is 0 Å².